The summed E-state index contributed by atoms with van der Waals surface area (Å²) in [6, 6.07) is -4.07. The van der Waals surface area contributed by atoms with Crippen LogP contribution in [0.4, 0.5) is 0 Å². The first-order chi connectivity index (χ1) is 24.3. The second-order valence-corrected chi connectivity index (χ2v) is 11.9. The Labute approximate surface area is 297 Å². The van der Waals surface area contributed by atoms with E-state index in [1.165, 1.54) is 24.3 Å². The zero-order valence-electron chi connectivity index (χ0n) is 28.5. The number of hydrogen-bond acceptors (Lipinski definition) is 12. The van der Waals surface area contributed by atoms with E-state index < -0.39 is 121 Å². The van der Waals surface area contributed by atoms with E-state index in [1.807, 2.05) is 5.32 Å². The Bertz CT molecular complexity index is 1470. The average molecular weight is 739 g/mol. The molecule has 21 nitrogen and oxygen atoms in total. The van der Waals surface area contributed by atoms with Gasteiger partial charge in [0.25, 0.3) is 0 Å². The van der Waals surface area contributed by atoms with Gasteiger partial charge >= 0.3 is 11.9 Å². The van der Waals surface area contributed by atoms with E-state index in [0.717, 1.165) is 0 Å². The molecular weight excluding hydrogens is 692 g/mol. The lowest BCUT2D eigenvalue weighted by atomic mass is 9.96. The average Bonchev–Trinajstić information content (AvgIpc) is 3.07. The number of nitrogens with one attached hydrogen (secondary N) is 5. The summed E-state index contributed by atoms with van der Waals surface area (Å²) in [5.41, 5.74) is 16.4. The summed E-state index contributed by atoms with van der Waals surface area (Å²) in [6.07, 6.45) is -2.26. The van der Waals surface area contributed by atoms with Crippen LogP contribution in [0.5, 0.6) is 5.75 Å². The van der Waals surface area contributed by atoms with Gasteiger partial charge in [-0.25, -0.2) is 4.79 Å². The van der Waals surface area contributed by atoms with E-state index in [-0.39, 0.29) is 25.0 Å². The second kappa shape index (κ2) is 21.4. The third-order valence-corrected chi connectivity index (χ3v) is 7.68. The number of aliphatic carboxylic acids is 2. The summed E-state index contributed by atoms with van der Waals surface area (Å²) in [7, 11) is 0. The molecule has 0 heterocycles. The van der Waals surface area contributed by atoms with Crippen molar-refractivity contribution in [2.75, 3.05) is 6.61 Å². The fraction of sp³-hybridized carbons (Fsp3) is 0.516. The van der Waals surface area contributed by atoms with E-state index in [4.69, 9.17) is 22.3 Å². The third kappa shape index (κ3) is 15.4. The molecule has 7 atom stereocenters. The molecule has 0 spiro atoms. The van der Waals surface area contributed by atoms with Gasteiger partial charge in [0, 0.05) is 12.8 Å². The predicted molar refractivity (Wildman–Crippen MR) is 178 cm³/mol. The first-order valence-electron chi connectivity index (χ1n) is 16.0. The molecule has 1 aromatic carbocycles. The first kappa shape index (κ1) is 44.2. The minimum absolute atomic E-state index is 0.116. The Morgan fingerprint density at radius 3 is 1.67 bits per heavy atom. The van der Waals surface area contributed by atoms with Crippen molar-refractivity contribution >= 4 is 53.3 Å². The van der Waals surface area contributed by atoms with E-state index in [2.05, 4.69) is 21.3 Å². The van der Waals surface area contributed by atoms with Crippen LogP contribution >= 0.6 is 0 Å². The van der Waals surface area contributed by atoms with Crippen molar-refractivity contribution in [2.45, 2.75) is 88.6 Å². The molecule has 15 N–H and O–H groups in total. The number of carbonyl (C=O) groups excluding carboxylic acids is 7. The number of aliphatic hydroxyl groups excluding tert-OH is 1. The molecule has 0 bridgehead atoms. The maximum Gasteiger partial charge on any atom is 0.326 e. The monoisotopic (exact) mass is 738 g/mol. The quantitative estimate of drug-likeness (QED) is 0.0503. The molecule has 1 rings (SSSR count). The number of benzene rings is 1. The van der Waals surface area contributed by atoms with Crippen molar-refractivity contribution in [3.8, 4) is 5.75 Å². The number of phenolic OH excluding ortho intramolecular Hbond substituents is 1. The molecule has 0 aromatic heterocycles. The van der Waals surface area contributed by atoms with Crippen LogP contribution in [0.25, 0.3) is 0 Å². The fourth-order valence-electron chi connectivity index (χ4n) is 4.53. The highest BCUT2D eigenvalue weighted by atomic mass is 16.4. The van der Waals surface area contributed by atoms with Crippen LogP contribution in [0.3, 0.4) is 0 Å². The largest absolute Gasteiger partial charge is 0.508 e. The minimum atomic E-state index is -1.79. The van der Waals surface area contributed by atoms with Crippen molar-refractivity contribution < 1.29 is 63.6 Å². The van der Waals surface area contributed by atoms with Gasteiger partial charge < -0.3 is 64.2 Å². The van der Waals surface area contributed by atoms with Gasteiger partial charge in [0.2, 0.25) is 41.4 Å². The molecule has 1 aromatic rings. The van der Waals surface area contributed by atoms with Gasteiger partial charge in [-0.15, -0.1) is 0 Å². The van der Waals surface area contributed by atoms with E-state index in [9.17, 15) is 58.5 Å². The lowest BCUT2D eigenvalue weighted by molar-refractivity contribution is -0.144. The Kier molecular flexibility index (Phi) is 18.2. The van der Waals surface area contributed by atoms with Crippen LogP contribution in [-0.2, 0) is 49.6 Å². The van der Waals surface area contributed by atoms with Crippen molar-refractivity contribution in [3.63, 3.8) is 0 Å². The van der Waals surface area contributed by atoms with Gasteiger partial charge in [0.1, 0.15) is 36.0 Å². The Morgan fingerprint density at radius 1 is 0.692 bits per heavy atom. The fourth-order valence-corrected chi connectivity index (χ4v) is 4.53. The van der Waals surface area contributed by atoms with Gasteiger partial charge in [-0.05, 0) is 30.0 Å². The standard InChI is InChI=1S/C31H46N8O13/c1-3-14(2)25(39-28(48)19(11-22(33)42)35-26(46)17(32)8-9-24(44)45)30(50)36-18(10-15-4-6-16(41)7-5-15)27(47)38-21(13-40)29(49)37-20(31(51)52)12-23(34)43/h4-7,14,17-21,25,40-41H,3,8-13,32H2,1-2H3,(H2,33,42)(H2,34,43)(H,35,46)(H,36,50)(H,37,49)(H,38,47)(H,39,48)(H,44,45)(H,51,52)/t14-,17-,18-,19-,20-,21-,25-/m0/s1. The Morgan fingerprint density at radius 2 is 1.17 bits per heavy atom. The molecule has 0 unspecified atom stereocenters. The zero-order valence-corrected chi connectivity index (χ0v) is 28.5. The van der Waals surface area contributed by atoms with Crippen LogP contribution in [0.2, 0.25) is 0 Å². The topological polar surface area (TPSA) is 373 Å². The van der Waals surface area contributed by atoms with Crippen LogP contribution in [-0.4, -0.2) is 117 Å². The second-order valence-electron chi connectivity index (χ2n) is 11.9. The SMILES string of the molecule is CC[C@H](C)[C@H](NC(=O)[C@H](CC(N)=O)NC(=O)[C@@H](N)CCC(=O)O)C(=O)N[C@@H](Cc1ccc(O)cc1)C(=O)N[C@@H](CO)C(=O)N[C@@H](CC(N)=O)C(=O)O. The molecule has 0 saturated carbocycles. The number of primary amides is 2. The van der Waals surface area contributed by atoms with Crippen LogP contribution in [0.1, 0.15) is 51.5 Å². The number of carbonyl (C=O) groups is 9. The summed E-state index contributed by atoms with van der Waals surface area (Å²) in [5.74, 6) is -10.9. The summed E-state index contributed by atoms with van der Waals surface area (Å²) in [4.78, 5) is 111. The highest BCUT2D eigenvalue weighted by Gasteiger charge is 2.35. The maximum absolute atomic E-state index is 13.7. The van der Waals surface area contributed by atoms with Gasteiger partial charge in [0.15, 0.2) is 0 Å². The van der Waals surface area contributed by atoms with E-state index in [1.54, 1.807) is 13.8 Å². The molecule has 0 saturated heterocycles. The molecule has 0 aliphatic rings. The Hall–Kier alpha value is -5.83. The summed E-state index contributed by atoms with van der Waals surface area (Å²) in [6.45, 7) is 2.20. The Balaban J connectivity index is 3.34. The minimum Gasteiger partial charge on any atom is -0.508 e. The molecule has 21 heteroatoms. The van der Waals surface area contributed by atoms with Crippen molar-refractivity contribution in [3.05, 3.63) is 29.8 Å². The number of aromatic hydroxyl groups is 1. The predicted octanol–water partition coefficient (Wildman–Crippen LogP) is -4.58. The highest BCUT2D eigenvalue weighted by molar-refractivity contribution is 5.98. The number of carboxylic acid groups (broad SMARTS) is 2. The number of amides is 7. The molecule has 0 radical (unpaired) electrons. The summed E-state index contributed by atoms with van der Waals surface area (Å²) >= 11 is 0. The number of hydrogen-bond donors (Lipinski definition) is 12. The van der Waals surface area contributed by atoms with Gasteiger partial charge in [0.05, 0.1) is 25.5 Å². The van der Waals surface area contributed by atoms with Crippen LogP contribution in [0.15, 0.2) is 24.3 Å². The number of rotatable bonds is 23. The number of aliphatic hydroxyl groups is 1. The van der Waals surface area contributed by atoms with Crippen molar-refractivity contribution in [1.29, 1.82) is 0 Å². The van der Waals surface area contributed by atoms with Gasteiger partial charge in [-0.1, -0.05) is 32.4 Å². The molecule has 0 fully saturated rings. The molecule has 7 amide bonds. The molecule has 288 valence electrons. The smallest absolute Gasteiger partial charge is 0.326 e. The normalized spacial score (nSPS) is 14.8. The third-order valence-electron chi connectivity index (χ3n) is 7.68. The molecular formula is C31H46N8O13. The number of phenols is 1. The van der Waals surface area contributed by atoms with Crippen molar-refractivity contribution in [2.24, 2.45) is 23.1 Å². The number of nitrogens with two attached hydrogens (primary N) is 3. The molecule has 0 aliphatic carbocycles. The molecule has 52 heavy (non-hydrogen) atoms. The summed E-state index contributed by atoms with van der Waals surface area (Å²) < 4.78 is 0. The molecule has 0 aliphatic heterocycles. The van der Waals surface area contributed by atoms with Gasteiger partial charge in [-0.2, -0.15) is 0 Å². The highest BCUT2D eigenvalue weighted by Crippen LogP contribution is 2.14. The lowest BCUT2D eigenvalue weighted by Gasteiger charge is -2.29. The van der Waals surface area contributed by atoms with Gasteiger partial charge in [-0.3, -0.25) is 38.4 Å². The number of carboxylic acids is 2. The maximum atomic E-state index is 13.7. The lowest BCUT2D eigenvalue weighted by Crippen LogP contribution is -2.61. The first-order valence-corrected chi connectivity index (χ1v) is 16.0. The van der Waals surface area contributed by atoms with Crippen molar-refractivity contribution in [1.82, 2.24) is 26.6 Å². The van der Waals surface area contributed by atoms with Crippen LogP contribution in [0, 0.1) is 5.92 Å². The summed E-state index contributed by atoms with van der Waals surface area (Å²) in [5, 5.41) is 49.0. The van der Waals surface area contributed by atoms with Crippen LogP contribution < -0.4 is 43.8 Å². The van der Waals surface area contributed by atoms with E-state index in [0.29, 0.717) is 5.56 Å². The van der Waals surface area contributed by atoms with E-state index >= 15 is 0 Å². The zero-order chi connectivity index (χ0) is 39.7.